The molecule has 0 radical (unpaired) electrons. The third-order valence-corrected chi connectivity index (χ3v) is 7.73. The maximum absolute atomic E-state index is 12.9. The third-order valence-electron chi connectivity index (χ3n) is 6.34. The molecular weight excluding hydrogens is 426 g/mol. The molecule has 4 rings (SSSR count). The molecular formula is C23H31N5O3S. The Balaban J connectivity index is 1.40. The van der Waals surface area contributed by atoms with Crippen LogP contribution in [0.1, 0.15) is 31.9 Å². The van der Waals surface area contributed by atoms with Crippen LogP contribution in [0.2, 0.25) is 0 Å². The number of piperazine rings is 1. The first kappa shape index (κ1) is 22.7. The van der Waals surface area contributed by atoms with Crippen molar-refractivity contribution in [2.24, 2.45) is 0 Å². The maximum Gasteiger partial charge on any atom is 0.240 e. The smallest absolute Gasteiger partial charge is 0.240 e. The molecule has 32 heavy (non-hydrogen) atoms. The number of carbonyl (C=O) groups excluding carboxylic acids is 1. The number of likely N-dealkylation sites (N-methyl/N-ethyl adjacent to an activating group) is 1. The van der Waals surface area contributed by atoms with Crippen molar-refractivity contribution in [2.75, 3.05) is 42.5 Å². The van der Waals surface area contributed by atoms with E-state index in [1.165, 1.54) is 6.92 Å². The molecule has 0 bridgehead atoms. The van der Waals surface area contributed by atoms with Gasteiger partial charge in [-0.25, -0.2) is 18.1 Å². The Labute approximate surface area is 190 Å². The summed E-state index contributed by atoms with van der Waals surface area (Å²) in [5.41, 5.74) is 2.48. The van der Waals surface area contributed by atoms with Gasteiger partial charge in [0.05, 0.1) is 4.90 Å². The van der Waals surface area contributed by atoms with E-state index in [0.717, 1.165) is 55.4 Å². The number of pyridine rings is 1. The van der Waals surface area contributed by atoms with Gasteiger partial charge in [0, 0.05) is 57.6 Å². The van der Waals surface area contributed by atoms with E-state index in [2.05, 4.69) is 26.4 Å². The van der Waals surface area contributed by atoms with Crippen LogP contribution in [0, 0.1) is 0 Å². The average Bonchev–Trinajstić information content (AvgIpc) is 3.13. The van der Waals surface area contributed by atoms with E-state index in [0.29, 0.717) is 6.42 Å². The molecule has 2 aromatic rings. The number of hydrogen-bond donors (Lipinski definition) is 1. The number of sulfonamides is 1. The van der Waals surface area contributed by atoms with Crippen LogP contribution in [0.15, 0.2) is 41.4 Å². The zero-order valence-electron chi connectivity index (χ0n) is 18.9. The van der Waals surface area contributed by atoms with Crippen LogP contribution in [-0.4, -0.2) is 63.0 Å². The van der Waals surface area contributed by atoms with Crippen molar-refractivity contribution in [2.45, 2.75) is 44.7 Å². The van der Waals surface area contributed by atoms with Crippen LogP contribution < -0.4 is 14.5 Å². The minimum atomic E-state index is -3.67. The average molecular weight is 458 g/mol. The summed E-state index contributed by atoms with van der Waals surface area (Å²) in [6.07, 6.45) is 2.38. The second-order valence-corrected chi connectivity index (χ2v) is 10.3. The van der Waals surface area contributed by atoms with E-state index in [4.69, 9.17) is 0 Å². The highest BCUT2D eigenvalue weighted by atomic mass is 32.2. The summed E-state index contributed by atoms with van der Waals surface area (Å²) in [5, 5.41) is 0. The lowest BCUT2D eigenvalue weighted by atomic mass is 10.1. The fraction of sp³-hybridized carbons (Fsp3) is 0.478. The standard InChI is InChI=1S/C23H31N5O3S/c1-4-26-9-11-27(12-10-26)23-8-5-19(15-24-23)16-25-32(30,31)21-6-7-22-20(14-21)13-17(2)28(22)18(3)29/h5-8,14-15,17,25H,4,9-13,16H2,1-3H3. The Kier molecular flexibility index (Phi) is 6.50. The zero-order chi connectivity index (χ0) is 22.9. The van der Waals surface area contributed by atoms with E-state index in [1.54, 1.807) is 29.3 Å². The van der Waals surface area contributed by atoms with Crippen molar-refractivity contribution < 1.29 is 13.2 Å². The van der Waals surface area contributed by atoms with Crippen molar-refractivity contribution in [3.63, 3.8) is 0 Å². The first-order valence-corrected chi connectivity index (χ1v) is 12.6. The molecule has 0 spiro atoms. The normalized spacial score (nSPS) is 19.3. The number of anilines is 2. The van der Waals surface area contributed by atoms with E-state index in [9.17, 15) is 13.2 Å². The number of nitrogens with one attached hydrogen (secondary N) is 1. The molecule has 3 heterocycles. The highest BCUT2D eigenvalue weighted by Gasteiger charge is 2.30. The van der Waals surface area contributed by atoms with Crippen LogP contribution in [-0.2, 0) is 27.8 Å². The van der Waals surface area contributed by atoms with E-state index >= 15 is 0 Å². The molecule has 172 valence electrons. The number of carbonyl (C=O) groups is 1. The molecule has 2 aliphatic heterocycles. The third kappa shape index (κ3) is 4.65. The molecule has 0 aliphatic carbocycles. The van der Waals surface area contributed by atoms with Gasteiger partial charge in [-0.2, -0.15) is 0 Å². The molecule has 1 atom stereocenters. The van der Waals surface area contributed by atoms with Gasteiger partial charge in [0.2, 0.25) is 15.9 Å². The van der Waals surface area contributed by atoms with Crippen molar-refractivity contribution in [3.05, 3.63) is 47.7 Å². The Hall–Kier alpha value is -2.49. The summed E-state index contributed by atoms with van der Waals surface area (Å²) in [4.78, 5) is 23.0. The lowest BCUT2D eigenvalue weighted by molar-refractivity contribution is -0.116. The summed E-state index contributed by atoms with van der Waals surface area (Å²) in [5.74, 6) is 0.892. The van der Waals surface area contributed by atoms with Gasteiger partial charge in [-0.05, 0) is 55.3 Å². The fourth-order valence-corrected chi connectivity index (χ4v) is 5.59. The molecule has 1 fully saturated rings. The Morgan fingerprint density at radius 1 is 1.16 bits per heavy atom. The van der Waals surface area contributed by atoms with Gasteiger partial charge in [0.25, 0.3) is 0 Å². The molecule has 1 unspecified atom stereocenters. The van der Waals surface area contributed by atoms with Gasteiger partial charge in [0.15, 0.2) is 0 Å². The Morgan fingerprint density at radius 3 is 2.53 bits per heavy atom. The van der Waals surface area contributed by atoms with Crippen molar-refractivity contribution in [3.8, 4) is 0 Å². The summed E-state index contributed by atoms with van der Waals surface area (Å²) in [6.45, 7) is 10.9. The number of rotatable bonds is 6. The van der Waals surface area contributed by atoms with Gasteiger partial charge in [0.1, 0.15) is 5.82 Å². The van der Waals surface area contributed by atoms with Crippen molar-refractivity contribution >= 4 is 27.4 Å². The first-order valence-electron chi connectivity index (χ1n) is 11.1. The summed E-state index contributed by atoms with van der Waals surface area (Å²) in [6, 6.07) is 8.87. The SMILES string of the molecule is CCN1CCN(c2ccc(CNS(=O)(=O)c3ccc4c(c3)CC(C)N4C(C)=O)cn2)CC1. The van der Waals surface area contributed by atoms with Crippen molar-refractivity contribution in [1.82, 2.24) is 14.6 Å². The molecule has 1 aromatic carbocycles. The monoisotopic (exact) mass is 457 g/mol. The number of nitrogens with zero attached hydrogens (tertiary/aromatic N) is 4. The number of amides is 1. The molecule has 2 aliphatic rings. The summed E-state index contributed by atoms with van der Waals surface area (Å²) >= 11 is 0. The van der Waals surface area contributed by atoms with Crippen LogP contribution in [0.3, 0.4) is 0 Å². The van der Waals surface area contributed by atoms with Gasteiger partial charge < -0.3 is 14.7 Å². The molecule has 8 nitrogen and oxygen atoms in total. The second kappa shape index (κ2) is 9.17. The minimum Gasteiger partial charge on any atom is -0.354 e. The van der Waals surface area contributed by atoms with E-state index in [1.807, 2.05) is 19.1 Å². The van der Waals surface area contributed by atoms with Gasteiger partial charge in [-0.3, -0.25) is 4.79 Å². The van der Waals surface area contributed by atoms with Crippen molar-refractivity contribution in [1.29, 1.82) is 0 Å². The Morgan fingerprint density at radius 2 is 1.91 bits per heavy atom. The highest BCUT2D eigenvalue weighted by Crippen LogP contribution is 2.33. The van der Waals surface area contributed by atoms with Crippen LogP contribution in [0.25, 0.3) is 0 Å². The van der Waals surface area contributed by atoms with Crippen LogP contribution in [0.4, 0.5) is 11.5 Å². The van der Waals surface area contributed by atoms with Crippen LogP contribution in [0.5, 0.6) is 0 Å². The number of hydrogen-bond acceptors (Lipinski definition) is 6. The Bertz CT molecular complexity index is 1080. The second-order valence-electron chi connectivity index (χ2n) is 8.50. The molecule has 1 amide bonds. The van der Waals surface area contributed by atoms with E-state index in [-0.39, 0.29) is 23.4 Å². The molecule has 1 aromatic heterocycles. The number of aromatic nitrogens is 1. The largest absolute Gasteiger partial charge is 0.354 e. The molecule has 0 saturated carbocycles. The van der Waals surface area contributed by atoms with Gasteiger partial charge in [-0.15, -0.1) is 0 Å². The van der Waals surface area contributed by atoms with E-state index < -0.39 is 10.0 Å². The minimum absolute atomic E-state index is 0.0305. The highest BCUT2D eigenvalue weighted by molar-refractivity contribution is 7.89. The molecule has 9 heteroatoms. The topological polar surface area (TPSA) is 85.9 Å². The maximum atomic E-state index is 12.9. The lowest BCUT2D eigenvalue weighted by Gasteiger charge is -2.34. The van der Waals surface area contributed by atoms with Crippen LogP contribution >= 0.6 is 0 Å². The lowest BCUT2D eigenvalue weighted by Crippen LogP contribution is -2.46. The summed E-state index contributed by atoms with van der Waals surface area (Å²) < 4.78 is 28.4. The van der Waals surface area contributed by atoms with Gasteiger partial charge in [-0.1, -0.05) is 13.0 Å². The van der Waals surface area contributed by atoms with Gasteiger partial charge >= 0.3 is 0 Å². The predicted molar refractivity (Wildman–Crippen MR) is 125 cm³/mol. The number of benzene rings is 1. The zero-order valence-corrected chi connectivity index (χ0v) is 19.7. The molecule has 1 N–H and O–H groups in total. The summed E-state index contributed by atoms with van der Waals surface area (Å²) in [7, 11) is -3.67. The molecule has 1 saturated heterocycles. The number of fused-ring (bicyclic) bond motifs is 1. The fourth-order valence-electron chi connectivity index (χ4n) is 4.52. The quantitative estimate of drug-likeness (QED) is 0.714. The first-order chi connectivity index (χ1) is 15.3. The predicted octanol–water partition coefficient (Wildman–Crippen LogP) is 2.00.